The molecule has 5 rings (SSSR count). The van der Waals surface area contributed by atoms with Crippen molar-refractivity contribution >= 4 is 52.2 Å². The number of carbonyl (C=O) groups is 3. The molecule has 2 fully saturated rings. The van der Waals surface area contributed by atoms with Gasteiger partial charge in [-0.25, -0.2) is 4.79 Å². The van der Waals surface area contributed by atoms with Gasteiger partial charge < -0.3 is 19.3 Å². The number of hydrogen-bond acceptors (Lipinski definition) is 9. The summed E-state index contributed by atoms with van der Waals surface area (Å²) in [4.78, 5) is 40.3. The number of rotatable bonds is 11. The predicted molar refractivity (Wildman–Crippen MR) is 178 cm³/mol. The van der Waals surface area contributed by atoms with Crippen molar-refractivity contribution in [3.05, 3.63) is 87.8 Å². The van der Waals surface area contributed by atoms with Crippen molar-refractivity contribution in [3.63, 3.8) is 0 Å². The third kappa shape index (κ3) is 9.87. The van der Waals surface area contributed by atoms with Crippen LogP contribution in [0.4, 0.5) is 26.3 Å². The number of morpholine rings is 1. The molecule has 1 N–H and O–H groups in total. The third-order valence-corrected chi connectivity index (χ3v) is 9.11. The van der Waals surface area contributed by atoms with E-state index in [0.29, 0.717) is 45.0 Å². The van der Waals surface area contributed by atoms with Crippen molar-refractivity contribution in [1.82, 2.24) is 9.80 Å². The van der Waals surface area contributed by atoms with E-state index in [0.717, 1.165) is 16.7 Å². The number of nitrogens with zero attached hydrogens (tertiary/aromatic N) is 2. The first-order chi connectivity index (χ1) is 24.1. The van der Waals surface area contributed by atoms with Gasteiger partial charge >= 0.3 is 24.3 Å². The molecule has 9 nitrogen and oxygen atoms in total. The molecule has 1 amide bonds. The Kier molecular flexibility index (Phi) is 11.7. The van der Waals surface area contributed by atoms with Crippen LogP contribution in [0.2, 0.25) is 0 Å². The molecule has 270 valence electrons. The number of halogens is 6. The Morgan fingerprint density at radius 1 is 0.902 bits per heavy atom. The van der Waals surface area contributed by atoms with Crippen LogP contribution in [0, 0.1) is 0 Å². The second kappa shape index (κ2) is 15.8. The van der Waals surface area contributed by atoms with E-state index in [-0.39, 0.29) is 68.6 Å². The van der Waals surface area contributed by atoms with Crippen LogP contribution in [-0.4, -0.2) is 83.1 Å². The number of thiocarbonyl (C=S) groups is 1. The van der Waals surface area contributed by atoms with Crippen molar-refractivity contribution in [2.75, 3.05) is 46.0 Å². The summed E-state index contributed by atoms with van der Waals surface area (Å²) in [7, 11) is 0. The van der Waals surface area contributed by atoms with Crippen LogP contribution in [0.3, 0.4) is 0 Å². The van der Waals surface area contributed by atoms with Crippen molar-refractivity contribution < 1.29 is 60.0 Å². The van der Waals surface area contributed by atoms with Crippen LogP contribution in [0.25, 0.3) is 17.2 Å². The van der Waals surface area contributed by atoms with Crippen LogP contribution in [0.5, 0.6) is 11.5 Å². The topological polar surface area (TPSA) is 106 Å². The quantitative estimate of drug-likeness (QED) is 0.0724. The number of benzene rings is 3. The number of ether oxygens (including phenoxy) is 3. The molecule has 2 heterocycles. The summed E-state index contributed by atoms with van der Waals surface area (Å²) < 4.78 is 98.4. The summed E-state index contributed by atoms with van der Waals surface area (Å²) >= 11 is 6.26. The normalized spacial score (nSPS) is 16.5. The summed E-state index contributed by atoms with van der Waals surface area (Å²) in [5.41, 5.74) is -3.10. The molecule has 0 aromatic heterocycles. The molecule has 0 saturated carbocycles. The van der Waals surface area contributed by atoms with E-state index in [1.807, 2.05) is 0 Å². The third-order valence-electron chi connectivity index (χ3n) is 7.73. The summed E-state index contributed by atoms with van der Waals surface area (Å²) in [5.74, 6) is -2.15. The van der Waals surface area contributed by atoms with E-state index in [4.69, 9.17) is 31.5 Å². The maximum Gasteiger partial charge on any atom is 0.416 e. The summed E-state index contributed by atoms with van der Waals surface area (Å²) in [6.07, 6.45) is -8.99. The SMILES string of the molecule is O=C(CCN1C(=O)C(=Cc2cc(-c3cc(C(F)(F)F)cc(C(F)(F)F)c3)ccc2OCCN2CCOCC2)SC1=S)Oc1ccc(C(=O)O)cc1. The van der Waals surface area contributed by atoms with Gasteiger partial charge in [0.05, 0.1) is 41.2 Å². The zero-order valence-electron chi connectivity index (χ0n) is 26.4. The molecule has 0 radical (unpaired) electrons. The standard InChI is InChI=1S/C34H28F6N2O7S2/c35-33(36,37)24-16-22(17-25(19-24)34(38,39)40)21-3-6-27(48-14-11-41-9-12-47-13-10-41)23(15-21)18-28-30(44)42(32(50)51-28)8-7-29(43)49-26-4-1-20(2-5-26)31(45)46/h1-6,15-19H,7-14H2,(H,45,46). The molecule has 3 aromatic carbocycles. The molecule has 2 saturated heterocycles. The Balaban J connectivity index is 1.39. The molecule has 0 atom stereocenters. The minimum atomic E-state index is -5.05. The van der Waals surface area contributed by atoms with E-state index in [2.05, 4.69) is 4.90 Å². The fourth-order valence-corrected chi connectivity index (χ4v) is 6.39. The number of carboxylic acid groups (broad SMARTS) is 1. The van der Waals surface area contributed by atoms with E-state index >= 15 is 0 Å². The first kappa shape index (κ1) is 37.8. The van der Waals surface area contributed by atoms with Gasteiger partial charge in [0, 0.05) is 31.7 Å². The smallest absolute Gasteiger partial charge is 0.416 e. The zero-order valence-corrected chi connectivity index (χ0v) is 28.0. The van der Waals surface area contributed by atoms with Gasteiger partial charge in [0.15, 0.2) is 0 Å². The van der Waals surface area contributed by atoms with Gasteiger partial charge in [-0.1, -0.05) is 30.0 Å². The highest BCUT2D eigenvalue weighted by Crippen LogP contribution is 2.40. The number of carbonyl (C=O) groups excluding carboxylic acids is 2. The van der Waals surface area contributed by atoms with Gasteiger partial charge in [-0.15, -0.1) is 0 Å². The maximum atomic E-state index is 13.6. The number of esters is 1. The van der Waals surface area contributed by atoms with Crippen LogP contribution >= 0.6 is 24.0 Å². The summed E-state index contributed by atoms with van der Waals surface area (Å²) in [5, 5.41) is 9.02. The second-order valence-corrected chi connectivity index (χ2v) is 12.9. The lowest BCUT2D eigenvalue weighted by molar-refractivity contribution is -0.143. The number of hydrogen-bond donors (Lipinski definition) is 1. The van der Waals surface area contributed by atoms with Gasteiger partial charge in [0.1, 0.15) is 22.4 Å². The number of carboxylic acids is 1. The van der Waals surface area contributed by atoms with Crippen molar-refractivity contribution in [1.29, 1.82) is 0 Å². The van der Waals surface area contributed by atoms with Gasteiger partial charge in [-0.3, -0.25) is 19.4 Å². The molecular weight excluding hydrogens is 727 g/mol. The number of alkyl halides is 6. The molecule has 0 unspecified atom stereocenters. The fraction of sp³-hybridized carbons (Fsp3) is 0.294. The number of thioether (sulfide) groups is 1. The Morgan fingerprint density at radius 3 is 2.16 bits per heavy atom. The van der Waals surface area contributed by atoms with Gasteiger partial charge in [0.2, 0.25) is 0 Å². The van der Waals surface area contributed by atoms with E-state index < -0.39 is 41.3 Å². The highest BCUT2D eigenvalue weighted by Gasteiger charge is 2.37. The van der Waals surface area contributed by atoms with Gasteiger partial charge in [-0.05, 0) is 71.8 Å². The van der Waals surface area contributed by atoms with E-state index in [9.17, 15) is 40.7 Å². The lowest BCUT2D eigenvalue weighted by atomic mass is 9.97. The summed E-state index contributed by atoms with van der Waals surface area (Å²) in [6.45, 7) is 2.99. The van der Waals surface area contributed by atoms with E-state index in [1.54, 1.807) is 0 Å². The summed E-state index contributed by atoms with van der Waals surface area (Å²) in [6, 6.07) is 10.5. The molecule has 17 heteroatoms. The zero-order chi connectivity index (χ0) is 36.9. The Morgan fingerprint density at radius 2 is 1.55 bits per heavy atom. The number of aromatic carboxylic acids is 1. The van der Waals surface area contributed by atoms with Crippen molar-refractivity contribution in [2.24, 2.45) is 0 Å². The molecule has 3 aromatic rings. The van der Waals surface area contributed by atoms with Crippen LogP contribution in [-0.2, 0) is 26.7 Å². The van der Waals surface area contributed by atoms with Gasteiger partial charge in [-0.2, -0.15) is 26.3 Å². The monoisotopic (exact) mass is 754 g/mol. The van der Waals surface area contributed by atoms with Crippen LogP contribution in [0.1, 0.15) is 33.5 Å². The molecule has 0 spiro atoms. The minimum absolute atomic E-state index is 0.00349. The second-order valence-electron chi connectivity index (χ2n) is 11.2. The molecular formula is C34H28F6N2O7S2. The Bertz CT molecular complexity index is 1810. The highest BCUT2D eigenvalue weighted by atomic mass is 32.2. The molecule has 2 aliphatic rings. The molecule has 0 bridgehead atoms. The Hall–Kier alpha value is -4.45. The van der Waals surface area contributed by atoms with Crippen molar-refractivity contribution in [3.8, 4) is 22.6 Å². The first-order valence-corrected chi connectivity index (χ1v) is 16.5. The lowest BCUT2D eigenvalue weighted by Crippen LogP contribution is -2.38. The van der Waals surface area contributed by atoms with Crippen molar-refractivity contribution in [2.45, 2.75) is 18.8 Å². The Labute approximate surface area is 296 Å². The highest BCUT2D eigenvalue weighted by molar-refractivity contribution is 8.26. The maximum absolute atomic E-state index is 13.6. The van der Waals surface area contributed by atoms with Crippen LogP contribution < -0.4 is 9.47 Å². The molecule has 51 heavy (non-hydrogen) atoms. The van der Waals surface area contributed by atoms with E-state index in [1.165, 1.54) is 48.5 Å². The minimum Gasteiger partial charge on any atom is -0.492 e. The largest absolute Gasteiger partial charge is 0.492 e. The average molecular weight is 755 g/mol. The predicted octanol–water partition coefficient (Wildman–Crippen LogP) is 7.00. The first-order valence-electron chi connectivity index (χ1n) is 15.2. The lowest BCUT2D eigenvalue weighted by Gasteiger charge is -2.26. The average Bonchev–Trinajstić information content (AvgIpc) is 3.34. The molecule has 0 aliphatic carbocycles. The van der Waals surface area contributed by atoms with Crippen LogP contribution in [0.15, 0.2) is 65.6 Å². The molecule has 2 aliphatic heterocycles. The number of amides is 1. The van der Waals surface area contributed by atoms with Gasteiger partial charge in [0.25, 0.3) is 5.91 Å². The fourth-order valence-electron chi connectivity index (χ4n) is 5.09.